The number of nitrogens with one attached hydrogen (secondary N) is 1. The van der Waals surface area contributed by atoms with Gasteiger partial charge in [-0.15, -0.1) is 24.0 Å². The van der Waals surface area contributed by atoms with E-state index < -0.39 is 14.6 Å². The van der Waals surface area contributed by atoms with Gasteiger partial charge in [0.2, 0.25) is 0 Å². The van der Waals surface area contributed by atoms with Crippen LogP contribution in [0.2, 0.25) is 0 Å². The van der Waals surface area contributed by atoms with E-state index in [1.807, 2.05) is 54.7 Å². The Hall–Kier alpha value is -1.69. The number of hydrogen-bond acceptors (Lipinski definition) is 5. The van der Waals surface area contributed by atoms with Gasteiger partial charge in [0.05, 0.1) is 22.7 Å². The minimum absolute atomic E-state index is 0. The summed E-state index contributed by atoms with van der Waals surface area (Å²) < 4.78 is 25.6. The van der Waals surface area contributed by atoms with Gasteiger partial charge in [-0.1, -0.05) is 6.07 Å². The lowest BCUT2D eigenvalue weighted by atomic mass is 10.2. The molecular weight excluding hydrogens is 515 g/mol. The van der Waals surface area contributed by atoms with E-state index in [9.17, 15) is 8.42 Å². The Morgan fingerprint density at radius 1 is 1.30 bits per heavy atom. The Balaban J connectivity index is 0.00000320. The first kappa shape index (κ1) is 24.6. The first-order valence-electron chi connectivity index (χ1n) is 9.87. The lowest BCUT2D eigenvalue weighted by Gasteiger charge is -2.39. The molecule has 10 heteroatoms. The predicted molar refractivity (Wildman–Crippen MR) is 131 cm³/mol. The molecule has 1 aliphatic heterocycles. The fourth-order valence-corrected chi connectivity index (χ4v) is 4.78. The molecule has 1 N–H and O–H groups in total. The van der Waals surface area contributed by atoms with Gasteiger partial charge in [0.15, 0.2) is 21.6 Å². The summed E-state index contributed by atoms with van der Waals surface area (Å²) in [4.78, 5) is 11.3. The molecule has 2 aromatic heterocycles. The van der Waals surface area contributed by atoms with Crippen LogP contribution in [0.25, 0.3) is 5.82 Å². The number of halogens is 1. The van der Waals surface area contributed by atoms with Gasteiger partial charge in [-0.3, -0.25) is 0 Å². The van der Waals surface area contributed by atoms with E-state index in [-0.39, 0.29) is 29.7 Å². The number of pyridine rings is 1. The summed E-state index contributed by atoms with van der Waals surface area (Å²) >= 11 is 0. The number of hydrogen-bond donors (Lipinski definition) is 1. The third kappa shape index (κ3) is 5.32. The minimum Gasteiger partial charge on any atom is -0.357 e. The largest absolute Gasteiger partial charge is 0.357 e. The van der Waals surface area contributed by atoms with Crippen LogP contribution in [-0.4, -0.2) is 64.2 Å². The second-order valence-corrected chi connectivity index (χ2v) is 10.8. The number of nitrogens with zero attached hydrogens (tertiary/aromatic N) is 5. The van der Waals surface area contributed by atoms with E-state index in [0.29, 0.717) is 19.6 Å². The monoisotopic (exact) mass is 546 g/mol. The zero-order valence-electron chi connectivity index (χ0n) is 18.2. The predicted octanol–water partition coefficient (Wildman–Crippen LogP) is 2.48. The van der Waals surface area contributed by atoms with E-state index >= 15 is 0 Å². The van der Waals surface area contributed by atoms with E-state index in [0.717, 1.165) is 35.3 Å². The van der Waals surface area contributed by atoms with Crippen LogP contribution in [0.15, 0.2) is 29.4 Å². The van der Waals surface area contributed by atoms with Crippen molar-refractivity contribution in [3.8, 4) is 5.82 Å². The van der Waals surface area contributed by atoms with Crippen molar-refractivity contribution in [2.75, 3.05) is 25.4 Å². The summed E-state index contributed by atoms with van der Waals surface area (Å²) in [6.45, 7) is 11.6. The fourth-order valence-electron chi connectivity index (χ4n) is 3.41. The molecule has 166 valence electrons. The van der Waals surface area contributed by atoms with E-state index in [4.69, 9.17) is 4.99 Å². The number of rotatable bonds is 4. The second-order valence-electron chi connectivity index (χ2n) is 8.03. The molecule has 0 unspecified atom stereocenters. The minimum atomic E-state index is -3.09. The molecule has 1 aliphatic rings. The maximum absolute atomic E-state index is 12.3. The average Bonchev–Trinajstić information content (AvgIpc) is 3.00. The highest BCUT2D eigenvalue weighted by Gasteiger charge is 2.40. The van der Waals surface area contributed by atoms with Gasteiger partial charge >= 0.3 is 0 Å². The SMILES string of the molecule is CCNC(=NCc1ccc(-n2nc(C)cc2C)nc1)N1CCS(=O)(=O)C(C)(C)C1.I. The molecular formula is C20H31IN6O2S. The topological polar surface area (TPSA) is 92.5 Å². The molecule has 2 aromatic rings. The zero-order chi connectivity index (χ0) is 21.2. The van der Waals surface area contributed by atoms with Gasteiger partial charge < -0.3 is 10.2 Å². The number of aryl methyl sites for hydroxylation is 2. The highest BCUT2D eigenvalue weighted by Crippen LogP contribution is 2.23. The first-order chi connectivity index (χ1) is 13.6. The van der Waals surface area contributed by atoms with Gasteiger partial charge in [-0.05, 0) is 52.3 Å². The van der Waals surface area contributed by atoms with Crippen LogP contribution in [0.1, 0.15) is 37.7 Å². The van der Waals surface area contributed by atoms with Crippen molar-refractivity contribution in [2.45, 2.75) is 45.9 Å². The lowest BCUT2D eigenvalue weighted by Crippen LogP contribution is -2.57. The third-order valence-corrected chi connectivity index (χ3v) is 7.66. The number of aliphatic imine (C=N–C) groups is 1. The molecule has 3 heterocycles. The summed E-state index contributed by atoms with van der Waals surface area (Å²) in [5.74, 6) is 1.65. The van der Waals surface area contributed by atoms with Gasteiger partial charge in [-0.2, -0.15) is 5.10 Å². The van der Waals surface area contributed by atoms with Gasteiger partial charge in [0.25, 0.3) is 0 Å². The van der Waals surface area contributed by atoms with Crippen molar-refractivity contribution in [2.24, 2.45) is 4.99 Å². The second kappa shape index (κ2) is 9.63. The van der Waals surface area contributed by atoms with Crippen LogP contribution >= 0.6 is 24.0 Å². The highest BCUT2D eigenvalue weighted by atomic mass is 127. The van der Waals surface area contributed by atoms with Crippen molar-refractivity contribution in [3.63, 3.8) is 0 Å². The molecule has 0 atom stereocenters. The molecule has 0 saturated carbocycles. The van der Waals surface area contributed by atoms with E-state index in [2.05, 4.69) is 15.4 Å². The van der Waals surface area contributed by atoms with Crippen molar-refractivity contribution < 1.29 is 8.42 Å². The number of sulfone groups is 1. The normalized spacial score (nSPS) is 18.0. The molecule has 8 nitrogen and oxygen atoms in total. The molecule has 0 spiro atoms. The molecule has 0 radical (unpaired) electrons. The Kier molecular flexibility index (Phi) is 7.89. The Morgan fingerprint density at radius 2 is 2.03 bits per heavy atom. The quantitative estimate of drug-likeness (QED) is 0.360. The molecule has 0 aromatic carbocycles. The van der Waals surface area contributed by atoms with Crippen molar-refractivity contribution in [3.05, 3.63) is 41.3 Å². The summed E-state index contributed by atoms with van der Waals surface area (Å²) in [5, 5.41) is 7.74. The molecule has 3 rings (SSSR count). The first-order valence-corrected chi connectivity index (χ1v) is 11.5. The molecule has 1 fully saturated rings. The number of guanidine groups is 1. The summed E-state index contributed by atoms with van der Waals surface area (Å²) in [5.41, 5.74) is 2.98. The molecule has 0 bridgehead atoms. The summed E-state index contributed by atoms with van der Waals surface area (Å²) in [6.07, 6.45) is 1.81. The number of aromatic nitrogens is 3. The van der Waals surface area contributed by atoms with Crippen LogP contribution in [0.5, 0.6) is 0 Å². The Bertz CT molecular complexity index is 999. The van der Waals surface area contributed by atoms with Gasteiger partial charge in [0.1, 0.15) is 0 Å². The maximum atomic E-state index is 12.3. The average molecular weight is 546 g/mol. The summed E-state index contributed by atoms with van der Waals surface area (Å²) in [7, 11) is -3.09. The van der Waals surface area contributed by atoms with Crippen LogP contribution in [0.3, 0.4) is 0 Å². The van der Waals surface area contributed by atoms with Gasteiger partial charge in [-0.25, -0.2) is 23.1 Å². The Morgan fingerprint density at radius 3 is 2.57 bits per heavy atom. The zero-order valence-corrected chi connectivity index (χ0v) is 21.4. The molecule has 0 amide bonds. The molecule has 1 saturated heterocycles. The molecule has 30 heavy (non-hydrogen) atoms. The van der Waals surface area contributed by atoms with Gasteiger partial charge in [0, 0.05) is 31.5 Å². The van der Waals surface area contributed by atoms with E-state index in [1.54, 1.807) is 13.8 Å². The van der Waals surface area contributed by atoms with E-state index in [1.165, 1.54) is 0 Å². The van der Waals surface area contributed by atoms with Crippen LogP contribution in [-0.2, 0) is 16.4 Å². The standard InChI is InChI=1S/C20H30N6O2S.HI/c1-6-21-19(25-9-10-29(27,28)20(4,5)14-25)23-13-17-7-8-18(22-12-17)26-16(3)11-15(2)24-26;/h7-8,11-12H,6,9-10,13-14H2,1-5H3,(H,21,23);1H. The Labute approximate surface area is 196 Å². The summed E-state index contributed by atoms with van der Waals surface area (Å²) in [6, 6.07) is 5.95. The van der Waals surface area contributed by atoms with Crippen LogP contribution < -0.4 is 5.32 Å². The van der Waals surface area contributed by atoms with Crippen molar-refractivity contribution in [1.82, 2.24) is 25.0 Å². The highest BCUT2D eigenvalue weighted by molar-refractivity contribution is 14.0. The third-order valence-electron chi connectivity index (χ3n) is 5.13. The lowest BCUT2D eigenvalue weighted by molar-refractivity contribution is 0.353. The van der Waals surface area contributed by atoms with Crippen LogP contribution in [0.4, 0.5) is 0 Å². The maximum Gasteiger partial charge on any atom is 0.194 e. The van der Waals surface area contributed by atoms with Crippen LogP contribution in [0, 0.1) is 13.8 Å². The van der Waals surface area contributed by atoms with Crippen molar-refractivity contribution >= 4 is 39.8 Å². The molecule has 0 aliphatic carbocycles. The smallest absolute Gasteiger partial charge is 0.194 e. The van der Waals surface area contributed by atoms with Crippen molar-refractivity contribution in [1.29, 1.82) is 0 Å². The fraction of sp³-hybridized carbons (Fsp3) is 0.550.